The highest BCUT2D eigenvalue weighted by Gasteiger charge is 2.44. The smallest absolute Gasteiger partial charge is 0.220 e. The lowest BCUT2D eigenvalue weighted by Crippen LogP contribution is -2.60. The van der Waals surface area contributed by atoms with Gasteiger partial charge in [-0.25, -0.2) is 0 Å². The van der Waals surface area contributed by atoms with Gasteiger partial charge in [0.1, 0.15) is 24.4 Å². The Labute approximate surface area is 560 Å². The lowest BCUT2D eigenvalue weighted by Gasteiger charge is -2.40. The molecule has 1 saturated heterocycles. The summed E-state index contributed by atoms with van der Waals surface area (Å²) in [6.45, 7) is 3.86. The number of ether oxygens (including phenoxy) is 2. The molecule has 1 amide bonds. The molecule has 90 heavy (non-hydrogen) atoms. The summed E-state index contributed by atoms with van der Waals surface area (Å²) < 4.78 is 11.4. The molecule has 1 aliphatic rings. The quantitative estimate of drug-likeness (QED) is 0.0261. The van der Waals surface area contributed by atoms with E-state index in [2.05, 4.69) is 19.2 Å². The van der Waals surface area contributed by atoms with E-state index < -0.39 is 49.5 Å². The van der Waals surface area contributed by atoms with Gasteiger partial charge in [-0.05, 0) is 19.3 Å². The van der Waals surface area contributed by atoms with Gasteiger partial charge in [0.2, 0.25) is 5.91 Å². The molecule has 1 rings (SSSR count). The van der Waals surface area contributed by atoms with Crippen LogP contribution in [0.4, 0.5) is 0 Å². The second-order valence-electron chi connectivity index (χ2n) is 28.9. The Morgan fingerprint density at radius 2 is 0.611 bits per heavy atom. The first-order valence-corrected chi connectivity index (χ1v) is 40.9. The number of allylic oxidation sites excluding steroid dienone is 1. The van der Waals surface area contributed by atoms with Crippen LogP contribution in [0.5, 0.6) is 0 Å². The second kappa shape index (κ2) is 70.7. The minimum atomic E-state index is -1.57. The van der Waals surface area contributed by atoms with E-state index in [0.29, 0.717) is 6.42 Å². The number of nitrogens with one attached hydrogen (secondary N) is 1. The summed E-state index contributed by atoms with van der Waals surface area (Å²) in [5, 5.41) is 54.9. The maximum absolute atomic E-state index is 13.2. The number of aliphatic hydroxyl groups is 5. The predicted octanol–water partition coefficient (Wildman–Crippen LogP) is 23.4. The molecule has 0 spiro atoms. The lowest BCUT2D eigenvalue weighted by atomic mass is 9.99. The molecular formula is C81H159NO8. The normalized spacial score (nSPS) is 17.7. The molecule has 0 bridgehead atoms. The van der Waals surface area contributed by atoms with Crippen molar-refractivity contribution in [1.82, 2.24) is 5.32 Å². The third-order valence-corrected chi connectivity index (χ3v) is 20.1. The van der Waals surface area contributed by atoms with Gasteiger partial charge in [0.05, 0.1) is 25.4 Å². The standard InChI is InChI=1S/C81H159NO8/c1-3-5-7-9-11-13-15-17-19-21-23-25-27-29-31-32-33-34-35-36-37-38-39-40-41-42-43-45-47-49-51-53-55-57-59-61-63-65-67-69-71-77(85)82-74(73-89-81-80(88)79(87)78(86)76(72-83)90-81)75(84)70-68-66-64-62-60-58-56-54-52-50-48-46-44-30-28-26-24-22-20-18-16-14-12-10-8-6-4-2/h68,70,74-76,78-81,83-84,86-88H,3-67,69,71-73H2,1-2H3,(H,82,85)/b70-68+. The minimum absolute atomic E-state index is 0.165. The average molecular weight is 1280 g/mol. The van der Waals surface area contributed by atoms with Gasteiger partial charge in [-0.1, -0.05) is 431 Å². The Kier molecular flexibility index (Phi) is 68.3. The SMILES string of the molecule is CCCCCCCCCCCCCCCCCCCCCCCCCCC/C=C/C(O)C(COC1OC(CO)C(O)C(O)C1O)NC(=O)CCCCCCCCCCCCCCCCCCCCCCCCCCCCCCCCCCCCCCCCCC. The largest absolute Gasteiger partial charge is 0.394 e. The van der Waals surface area contributed by atoms with Crippen LogP contribution in [-0.2, 0) is 14.3 Å². The van der Waals surface area contributed by atoms with Crippen molar-refractivity contribution in [2.75, 3.05) is 13.2 Å². The van der Waals surface area contributed by atoms with Gasteiger partial charge in [0.25, 0.3) is 0 Å². The third-order valence-electron chi connectivity index (χ3n) is 20.1. The number of carbonyl (C=O) groups is 1. The van der Waals surface area contributed by atoms with Gasteiger partial charge in [0, 0.05) is 6.42 Å². The molecule has 1 aliphatic heterocycles. The van der Waals surface area contributed by atoms with E-state index in [1.165, 1.54) is 385 Å². The van der Waals surface area contributed by atoms with E-state index in [4.69, 9.17) is 9.47 Å². The first-order chi connectivity index (χ1) is 44.3. The van der Waals surface area contributed by atoms with Crippen LogP contribution >= 0.6 is 0 Å². The summed E-state index contributed by atoms with van der Waals surface area (Å²) in [5.41, 5.74) is 0. The van der Waals surface area contributed by atoms with Crippen LogP contribution in [0.1, 0.15) is 444 Å². The van der Waals surface area contributed by atoms with Gasteiger partial charge >= 0.3 is 0 Å². The Balaban J connectivity index is 2.02. The van der Waals surface area contributed by atoms with Crippen molar-refractivity contribution in [2.45, 2.75) is 487 Å². The molecule has 0 aromatic carbocycles. The number of amides is 1. The summed E-state index contributed by atoms with van der Waals surface area (Å²) in [4.78, 5) is 13.2. The lowest BCUT2D eigenvalue weighted by molar-refractivity contribution is -0.302. The van der Waals surface area contributed by atoms with E-state index in [1.54, 1.807) is 6.08 Å². The Morgan fingerprint density at radius 3 is 0.867 bits per heavy atom. The third kappa shape index (κ3) is 58.3. The van der Waals surface area contributed by atoms with Crippen LogP contribution in [0, 0.1) is 0 Å². The van der Waals surface area contributed by atoms with Gasteiger partial charge in [-0.2, -0.15) is 0 Å². The van der Waals surface area contributed by atoms with Gasteiger partial charge in [-0.3, -0.25) is 4.79 Å². The van der Waals surface area contributed by atoms with Crippen molar-refractivity contribution >= 4 is 5.91 Å². The number of rotatable bonds is 74. The molecule has 0 saturated carbocycles. The molecular weight excluding hydrogens is 1110 g/mol. The molecule has 7 unspecified atom stereocenters. The Bertz CT molecular complexity index is 1430. The maximum atomic E-state index is 13.2. The first-order valence-electron chi connectivity index (χ1n) is 40.9. The number of unbranched alkanes of at least 4 members (excludes halogenated alkanes) is 64. The molecule has 7 atom stereocenters. The molecule has 1 fully saturated rings. The number of hydrogen-bond donors (Lipinski definition) is 6. The fraction of sp³-hybridized carbons (Fsp3) is 0.963. The van der Waals surface area contributed by atoms with Crippen molar-refractivity contribution in [1.29, 1.82) is 0 Å². The van der Waals surface area contributed by atoms with Crippen molar-refractivity contribution in [3.8, 4) is 0 Å². The van der Waals surface area contributed by atoms with Crippen LogP contribution in [0.2, 0.25) is 0 Å². The summed E-state index contributed by atoms with van der Waals surface area (Å²) in [6.07, 6.45) is 86.7. The van der Waals surface area contributed by atoms with Crippen molar-refractivity contribution in [3.63, 3.8) is 0 Å². The van der Waals surface area contributed by atoms with Crippen molar-refractivity contribution < 1.29 is 39.8 Å². The molecule has 0 radical (unpaired) electrons. The summed E-state index contributed by atoms with van der Waals surface area (Å²) in [5.74, 6) is -0.165. The number of carbonyl (C=O) groups excluding carboxylic acids is 1. The molecule has 9 nitrogen and oxygen atoms in total. The van der Waals surface area contributed by atoms with Crippen LogP contribution in [-0.4, -0.2) is 87.5 Å². The zero-order chi connectivity index (χ0) is 64.9. The maximum Gasteiger partial charge on any atom is 0.220 e. The second-order valence-corrected chi connectivity index (χ2v) is 28.9. The molecule has 0 aliphatic carbocycles. The molecule has 0 aromatic heterocycles. The summed E-state index contributed by atoms with van der Waals surface area (Å²) in [6, 6.07) is -0.803. The van der Waals surface area contributed by atoms with E-state index in [-0.39, 0.29) is 12.5 Å². The Morgan fingerprint density at radius 1 is 0.367 bits per heavy atom. The van der Waals surface area contributed by atoms with E-state index >= 15 is 0 Å². The Hall–Kier alpha value is -1.07. The van der Waals surface area contributed by atoms with E-state index in [0.717, 1.165) is 38.5 Å². The summed E-state index contributed by atoms with van der Waals surface area (Å²) in [7, 11) is 0. The van der Waals surface area contributed by atoms with Gasteiger partial charge in [-0.15, -0.1) is 0 Å². The number of aliphatic hydroxyl groups excluding tert-OH is 5. The molecule has 9 heteroatoms. The zero-order valence-electron chi connectivity index (χ0n) is 60.4. The molecule has 536 valence electrons. The first kappa shape index (κ1) is 86.9. The van der Waals surface area contributed by atoms with Crippen molar-refractivity contribution in [3.05, 3.63) is 12.2 Å². The van der Waals surface area contributed by atoms with Crippen LogP contribution in [0.15, 0.2) is 12.2 Å². The van der Waals surface area contributed by atoms with Crippen LogP contribution < -0.4 is 5.32 Å². The predicted molar refractivity (Wildman–Crippen MR) is 387 cm³/mol. The molecule has 0 aromatic rings. The number of hydrogen-bond acceptors (Lipinski definition) is 8. The highest BCUT2D eigenvalue weighted by molar-refractivity contribution is 5.76. The topological polar surface area (TPSA) is 149 Å². The van der Waals surface area contributed by atoms with Crippen molar-refractivity contribution in [2.24, 2.45) is 0 Å². The van der Waals surface area contributed by atoms with Crippen LogP contribution in [0.25, 0.3) is 0 Å². The average Bonchev–Trinajstić information content (AvgIpc) is 1.27. The highest BCUT2D eigenvalue weighted by Crippen LogP contribution is 2.24. The zero-order valence-corrected chi connectivity index (χ0v) is 60.4. The highest BCUT2D eigenvalue weighted by atomic mass is 16.7. The summed E-state index contributed by atoms with van der Waals surface area (Å²) >= 11 is 0. The monoisotopic (exact) mass is 1270 g/mol. The van der Waals surface area contributed by atoms with E-state index in [1.807, 2.05) is 6.08 Å². The minimum Gasteiger partial charge on any atom is -0.394 e. The van der Waals surface area contributed by atoms with E-state index in [9.17, 15) is 30.3 Å². The molecule has 1 heterocycles. The van der Waals surface area contributed by atoms with Crippen LogP contribution in [0.3, 0.4) is 0 Å². The van der Waals surface area contributed by atoms with Gasteiger partial charge < -0.3 is 40.3 Å². The fourth-order valence-electron chi connectivity index (χ4n) is 13.8. The fourth-order valence-corrected chi connectivity index (χ4v) is 13.8. The van der Waals surface area contributed by atoms with Gasteiger partial charge in [0.15, 0.2) is 6.29 Å². The molecule has 6 N–H and O–H groups in total.